The maximum atomic E-state index is 3.64. The van der Waals surface area contributed by atoms with Gasteiger partial charge in [0, 0.05) is 4.83 Å². The average Bonchev–Trinajstić information content (AvgIpc) is 2.30. The normalized spacial score (nSPS) is 14.7. The highest BCUT2D eigenvalue weighted by Crippen LogP contribution is 2.19. The second kappa shape index (κ2) is 13.9. The van der Waals surface area contributed by atoms with Crippen LogP contribution in [0, 0.1) is 5.92 Å². The maximum Gasteiger partial charge on any atom is 0.0120 e. The van der Waals surface area contributed by atoms with Crippen LogP contribution in [0.1, 0.15) is 97.8 Å². The lowest BCUT2D eigenvalue weighted by Gasteiger charge is -2.12. The summed E-state index contributed by atoms with van der Waals surface area (Å²) < 4.78 is 0. The number of halogens is 1. The fraction of sp³-hybridized carbons (Fsp3) is 1.00. The van der Waals surface area contributed by atoms with Gasteiger partial charge in [-0.3, -0.25) is 0 Å². The highest BCUT2D eigenvalue weighted by molar-refractivity contribution is 9.09. The van der Waals surface area contributed by atoms with E-state index >= 15 is 0 Å². The van der Waals surface area contributed by atoms with Crippen molar-refractivity contribution < 1.29 is 0 Å². The van der Waals surface area contributed by atoms with Gasteiger partial charge in [0.05, 0.1) is 0 Å². The van der Waals surface area contributed by atoms with Crippen molar-refractivity contribution in [1.29, 1.82) is 0 Å². The van der Waals surface area contributed by atoms with Crippen molar-refractivity contribution in [3.63, 3.8) is 0 Å². The van der Waals surface area contributed by atoms with Crippen molar-refractivity contribution >= 4 is 15.9 Å². The molecule has 0 aromatic rings. The molecule has 0 saturated carbocycles. The topological polar surface area (TPSA) is 0 Å². The molecule has 0 radical (unpaired) electrons. The second-order valence-corrected chi connectivity index (χ2v) is 7.66. The van der Waals surface area contributed by atoms with Gasteiger partial charge in [0.25, 0.3) is 0 Å². The Morgan fingerprint density at radius 2 is 1.17 bits per heavy atom. The molecule has 0 heterocycles. The molecule has 18 heavy (non-hydrogen) atoms. The summed E-state index contributed by atoms with van der Waals surface area (Å²) in [5.41, 5.74) is 0. The van der Waals surface area contributed by atoms with Gasteiger partial charge in [-0.1, -0.05) is 107 Å². The van der Waals surface area contributed by atoms with Gasteiger partial charge in [-0.2, -0.15) is 0 Å². The van der Waals surface area contributed by atoms with E-state index in [-0.39, 0.29) is 0 Å². The third-order valence-electron chi connectivity index (χ3n) is 3.78. The summed E-state index contributed by atoms with van der Waals surface area (Å²) in [4.78, 5) is 0.690. The Hall–Kier alpha value is 0.480. The molecular weight excluding hydrogens is 284 g/mol. The van der Waals surface area contributed by atoms with Crippen molar-refractivity contribution in [2.45, 2.75) is 103 Å². The van der Waals surface area contributed by atoms with Crippen LogP contribution in [0.4, 0.5) is 0 Å². The summed E-state index contributed by atoms with van der Waals surface area (Å²) >= 11 is 3.64. The van der Waals surface area contributed by atoms with Gasteiger partial charge in [-0.25, -0.2) is 0 Å². The number of hydrogen-bond acceptors (Lipinski definition) is 0. The predicted octanol–water partition coefficient (Wildman–Crippen LogP) is 7.11. The van der Waals surface area contributed by atoms with E-state index in [9.17, 15) is 0 Å². The molecule has 0 bridgehead atoms. The van der Waals surface area contributed by atoms with Crippen LogP contribution in [0.5, 0.6) is 0 Å². The first-order valence-electron chi connectivity index (χ1n) is 8.30. The zero-order chi connectivity index (χ0) is 13.6. The standard InChI is InChI=1S/C17H35Br/c1-4-5-6-7-8-9-10-11-12-13-14-16(2)15-17(3)18/h16-17H,4-15H2,1-3H3. The van der Waals surface area contributed by atoms with E-state index in [4.69, 9.17) is 0 Å². The Labute approximate surface area is 124 Å². The van der Waals surface area contributed by atoms with Gasteiger partial charge in [0.1, 0.15) is 0 Å². The molecule has 0 spiro atoms. The lowest BCUT2D eigenvalue weighted by molar-refractivity contribution is 0.455. The molecular formula is C17H35Br. The van der Waals surface area contributed by atoms with Crippen LogP contribution in [0.2, 0.25) is 0 Å². The lowest BCUT2D eigenvalue weighted by atomic mass is 9.98. The van der Waals surface area contributed by atoms with Crippen LogP contribution in [0.3, 0.4) is 0 Å². The van der Waals surface area contributed by atoms with Crippen molar-refractivity contribution in [3.05, 3.63) is 0 Å². The third kappa shape index (κ3) is 14.5. The molecule has 0 amide bonds. The van der Waals surface area contributed by atoms with E-state index in [1.807, 2.05) is 0 Å². The Bertz CT molecular complexity index is 154. The Kier molecular flexibility index (Phi) is 14.3. The largest absolute Gasteiger partial charge is 0.0894 e. The molecule has 0 aromatic heterocycles. The van der Waals surface area contributed by atoms with Crippen molar-refractivity contribution in [2.75, 3.05) is 0 Å². The van der Waals surface area contributed by atoms with E-state index in [1.54, 1.807) is 0 Å². The molecule has 0 aliphatic carbocycles. The summed E-state index contributed by atoms with van der Waals surface area (Å²) in [7, 11) is 0. The first-order valence-corrected chi connectivity index (χ1v) is 9.22. The predicted molar refractivity (Wildman–Crippen MR) is 88.6 cm³/mol. The van der Waals surface area contributed by atoms with Crippen molar-refractivity contribution in [3.8, 4) is 0 Å². The van der Waals surface area contributed by atoms with Crippen LogP contribution in [-0.2, 0) is 0 Å². The van der Waals surface area contributed by atoms with E-state index < -0.39 is 0 Å². The molecule has 0 nitrogen and oxygen atoms in total. The number of hydrogen-bond donors (Lipinski definition) is 0. The summed E-state index contributed by atoms with van der Waals surface area (Å²) in [6, 6.07) is 0. The van der Waals surface area contributed by atoms with Gasteiger partial charge in [-0.15, -0.1) is 0 Å². The van der Waals surface area contributed by atoms with Crippen LogP contribution in [0.15, 0.2) is 0 Å². The molecule has 1 heteroatoms. The first-order chi connectivity index (χ1) is 8.66. The molecule has 0 saturated heterocycles. The van der Waals surface area contributed by atoms with Crippen LogP contribution in [-0.4, -0.2) is 4.83 Å². The van der Waals surface area contributed by atoms with E-state index in [1.165, 1.54) is 77.0 Å². The molecule has 0 N–H and O–H groups in total. The fourth-order valence-electron chi connectivity index (χ4n) is 2.65. The summed E-state index contributed by atoms with van der Waals surface area (Å²) in [5.74, 6) is 0.897. The van der Waals surface area contributed by atoms with Crippen LogP contribution in [0.25, 0.3) is 0 Å². The summed E-state index contributed by atoms with van der Waals surface area (Å²) in [6.45, 7) is 6.94. The van der Waals surface area contributed by atoms with Gasteiger partial charge < -0.3 is 0 Å². The van der Waals surface area contributed by atoms with Crippen LogP contribution < -0.4 is 0 Å². The summed E-state index contributed by atoms with van der Waals surface area (Å²) in [5, 5.41) is 0. The maximum absolute atomic E-state index is 3.64. The first kappa shape index (κ1) is 18.5. The minimum absolute atomic E-state index is 0.690. The lowest BCUT2D eigenvalue weighted by Crippen LogP contribution is -2.01. The van der Waals surface area contributed by atoms with Gasteiger partial charge in [-0.05, 0) is 12.3 Å². The van der Waals surface area contributed by atoms with Gasteiger partial charge in [0.15, 0.2) is 0 Å². The molecule has 110 valence electrons. The van der Waals surface area contributed by atoms with Crippen molar-refractivity contribution in [2.24, 2.45) is 5.92 Å². The Morgan fingerprint density at radius 1 is 0.722 bits per heavy atom. The smallest absolute Gasteiger partial charge is 0.0120 e. The summed E-state index contributed by atoms with van der Waals surface area (Å²) in [6.07, 6.45) is 17.2. The highest BCUT2D eigenvalue weighted by Gasteiger charge is 2.05. The van der Waals surface area contributed by atoms with Gasteiger partial charge >= 0.3 is 0 Å². The van der Waals surface area contributed by atoms with Crippen LogP contribution >= 0.6 is 15.9 Å². The van der Waals surface area contributed by atoms with Crippen molar-refractivity contribution in [1.82, 2.24) is 0 Å². The van der Waals surface area contributed by atoms with E-state index in [0.29, 0.717) is 4.83 Å². The third-order valence-corrected chi connectivity index (χ3v) is 4.15. The molecule has 0 aliphatic rings. The minimum Gasteiger partial charge on any atom is -0.0894 e. The zero-order valence-corrected chi connectivity index (χ0v) is 14.6. The number of alkyl halides is 1. The molecule has 0 rings (SSSR count). The van der Waals surface area contributed by atoms with E-state index in [0.717, 1.165) is 5.92 Å². The highest BCUT2D eigenvalue weighted by atomic mass is 79.9. The quantitative estimate of drug-likeness (QED) is 0.251. The Balaban J connectivity index is 3.07. The molecule has 0 aromatic carbocycles. The number of rotatable bonds is 13. The average molecular weight is 319 g/mol. The number of unbranched alkanes of at least 4 members (excludes halogenated alkanes) is 9. The zero-order valence-electron chi connectivity index (χ0n) is 13.0. The molecule has 0 aliphatic heterocycles. The molecule has 2 atom stereocenters. The SMILES string of the molecule is CCCCCCCCCCCCC(C)CC(C)Br. The molecule has 0 fully saturated rings. The molecule has 2 unspecified atom stereocenters. The monoisotopic (exact) mass is 318 g/mol. The fourth-order valence-corrected chi connectivity index (χ4v) is 3.29. The minimum atomic E-state index is 0.690. The van der Waals surface area contributed by atoms with E-state index in [2.05, 4.69) is 36.7 Å². The van der Waals surface area contributed by atoms with Gasteiger partial charge in [0.2, 0.25) is 0 Å². The second-order valence-electron chi connectivity index (χ2n) is 6.09. The Morgan fingerprint density at radius 3 is 1.61 bits per heavy atom.